The van der Waals surface area contributed by atoms with Crippen LogP contribution in [0.5, 0.6) is 0 Å². The molecule has 3 rings (SSSR count). The predicted octanol–water partition coefficient (Wildman–Crippen LogP) is 3.73. The molecular formula is C15H17N3. The lowest BCUT2D eigenvalue weighted by Gasteiger charge is -2.03. The van der Waals surface area contributed by atoms with Gasteiger partial charge in [0, 0.05) is 30.5 Å². The lowest BCUT2D eigenvalue weighted by molar-refractivity contribution is 1.11. The van der Waals surface area contributed by atoms with E-state index in [1.165, 1.54) is 11.1 Å². The van der Waals surface area contributed by atoms with E-state index in [4.69, 9.17) is 0 Å². The van der Waals surface area contributed by atoms with Crippen molar-refractivity contribution in [2.24, 2.45) is 0 Å². The molecule has 3 nitrogen and oxygen atoms in total. The van der Waals surface area contributed by atoms with Crippen LogP contribution in [-0.2, 0) is 0 Å². The van der Waals surface area contributed by atoms with Gasteiger partial charge < -0.3 is 4.40 Å². The zero-order valence-electron chi connectivity index (χ0n) is 11.0. The first-order valence-electron chi connectivity index (χ1n) is 6.19. The molecule has 0 aliphatic rings. The summed E-state index contributed by atoms with van der Waals surface area (Å²) in [6.45, 7) is 6.05. The summed E-state index contributed by atoms with van der Waals surface area (Å²) in [6.07, 6.45) is 7.60. The van der Waals surface area contributed by atoms with E-state index in [1.54, 1.807) is 12.4 Å². The third-order valence-electron chi connectivity index (χ3n) is 2.70. The van der Waals surface area contributed by atoms with E-state index >= 15 is 0 Å². The maximum absolute atomic E-state index is 4.30. The van der Waals surface area contributed by atoms with Crippen LogP contribution in [0.3, 0.4) is 0 Å². The van der Waals surface area contributed by atoms with Crippen LogP contribution in [0.25, 0.3) is 16.8 Å². The molecule has 0 radical (unpaired) electrons. The molecule has 0 atom stereocenters. The molecule has 0 saturated carbocycles. The molecule has 92 valence electrons. The topological polar surface area (TPSA) is 30.2 Å². The van der Waals surface area contributed by atoms with Crippen molar-refractivity contribution in [2.75, 3.05) is 0 Å². The Morgan fingerprint density at radius 2 is 1.67 bits per heavy atom. The molecular weight excluding hydrogens is 222 g/mol. The van der Waals surface area contributed by atoms with Crippen LogP contribution in [0.1, 0.15) is 19.5 Å². The summed E-state index contributed by atoms with van der Waals surface area (Å²) in [4.78, 5) is 8.33. The minimum absolute atomic E-state index is 0.982. The lowest BCUT2D eigenvalue weighted by atomic mass is 10.1. The van der Waals surface area contributed by atoms with Crippen LogP contribution in [0.2, 0.25) is 0 Å². The van der Waals surface area contributed by atoms with E-state index in [9.17, 15) is 0 Å². The van der Waals surface area contributed by atoms with E-state index in [1.807, 2.05) is 38.2 Å². The molecule has 0 bridgehead atoms. The van der Waals surface area contributed by atoms with Crippen molar-refractivity contribution >= 4 is 5.65 Å². The zero-order valence-corrected chi connectivity index (χ0v) is 11.0. The molecule has 0 aromatic carbocycles. The fourth-order valence-corrected chi connectivity index (χ4v) is 1.82. The minimum Gasteiger partial charge on any atom is -0.304 e. The van der Waals surface area contributed by atoms with Gasteiger partial charge in [0.2, 0.25) is 0 Å². The molecule has 3 aromatic rings. The highest BCUT2D eigenvalue weighted by molar-refractivity contribution is 5.64. The number of pyridine rings is 2. The second-order valence-electron chi connectivity index (χ2n) is 3.78. The molecule has 0 saturated heterocycles. The van der Waals surface area contributed by atoms with E-state index in [2.05, 4.69) is 33.6 Å². The van der Waals surface area contributed by atoms with Crippen molar-refractivity contribution in [3.63, 3.8) is 0 Å². The van der Waals surface area contributed by atoms with E-state index in [0.717, 1.165) is 11.3 Å². The SMILES string of the molecule is CC.Cc1cnc2ccc(-c3ccncc3)cn12. The Kier molecular flexibility index (Phi) is 3.72. The first-order valence-corrected chi connectivity index (χ1v) is 6.19. The lowest BCUT2D eigenvalue weighted by Crippen LogP contribution is -1.88. The molecule has 3 heteroatoms. The number of nitrogens with zero attached hydrogens (tertiary/aromatic N) is 3. The molecule has 0 spiro atoms. The van der Waals surface area contributed by atoms with Gasteiger partial charge in [-0.1, -0.05) is 13.8 Å². The monoisotopic (exact) mass is 239 g/mol. The van der Waals surface area contributed by atoms with Gasteiger partial charge in [-0.15, -0.1) is 0 Å². The minimum atomic E-state index is 0.982. The average Bonchev–Trinajstić information content (AvgIpc) is 2.83. The van der Waals surface area contributed by atoms with Gasteiger partial charge in [-0.25, -0.2) is 4.98 Å². The third kappa shape index (κ3) is 2.25. The fourth-order valence-electron chi connectivity index (χ4n) is 1.82. The maximum atomic E-state index is 4.30. The van der Waals surface area contributed by atoms with Crippen molar-refractivity contribution in [3.8, 4) is 11.1 Å². The smallest absolute Gasteiger partial charge is 0.136 e. The number of rotatable bonds is 1. The highest BCUT2D eigenvalue weighted by Gasteiger charge is 2.01. The average molecular weight is 239 g/mol. The van der Waals surface area contributed by atoms with Crippen molar-refractivity contribution in [1.29, 1.82) is 0 Å². The molecule has 18 heavy (non-hydrogen) atoms. The van der Waals surface area contributed by atoms with Crippen LogP contribution in [0.4, 0.5) is 0 Å². The van der Waals surface area contributed by atoms with Crippen molar-refractivity contribution in [2.45, 2.75) is 20.8 Å². The summed E-state index contributed by atoms with van der Waals surface area (Å²) in [5.74, 6) is 0. The molecule has 0 unspecified atom stereocenters. The first kappa shape index (κ1) is 12.3. The summed E-state index contributed by atoms with van der Waals surface area (Å²) in [7, 11) is 0. The standard InChI is InChI=1S/C13H11N3.C2H6/c1-10-8-15-13-3-2-12(9-16(10)13)11-4-6-14-7-5-11;1-2/h2-9H,1H3;1-2H3. The molecule has 0 amide bonds. The number of aromatic nitrogens is 3. The molecule has 0 fully saturated rings. The largest absolute Gasteiger partial charge is 0.304 e. The molecule has 0 N–H and O–H groups in total. The van der Waals surface area contributed by atoms with Crippen molar-refractivity contribution < 1.29 is 0 Å². The Labute approximate surface area is 107 Å². The zero-order chi connectivity index (χ0) is 13.0. The van der Waals surface area contributed by atoms with Gasteiger partial charge in [0.05, 0.1) is 0 Å². The van der Waals surface area contributed by atoms with Gasteiger partial charge in [-0.3, -0.25) is 4.98 Å². The van der Waals surface area contributed by atoms with Crippen molar-refractivity contribution in [3.05, 3.63) is 54.7 Å². The van der Waals surface area contributed by atoms with E-state index < -0.39 is 0 Å². The molecule has 3 heterocycles. The van der Waals surface area contributed by atoms with Crippen LogP contribution >= 0.6 is 0 Å². The number of imidazole rings is 1. The third-order valence-corrected chi connectivity index (χ3v) is 2.70. The van der Waals surface area contributed by atoms with Gasteiger partial charge in [0.15, 0.2) is 0 Å². The number of fused-ring (bicyclic) bond motifs is 1. The number of hydrogen-bond donors (Lipinski definition) is 0. The highest BCUT2D eigenvalue weighted by Crippen LogP contribution is 2.19. The second kappa shape index (κ2) is 5.45. The summed E-state index contributed by atoms with van der Waals surface area (Å²) < 4.78 is 2.09. The van der Waals surface area contributed by atoms with E-state index in [0.29, 0.717) is 0 Å². The van der Waals surface area contributed by atoms with Crippen LogP contribution in [0, 0.1) is 6.92 Å². The first-order chi connectivity index (χ1) is 8.84. The summed E-state index contributed by atoms with van der Waals surface area (Å²) in [5, 5.41) is 0. The Bertz CT molecular complexity index is 627. The maximum Gasteiger partial charge on any atom is 0.136 e. The van der Waals surface area contributed by atoms with Gasteiger partial charge >= 0.3 is 0 Å². The second-order valence-corrected chi connectivity index (χ2v) is 3.78. The number of hydrogen-bond acceptors (Lipinski definition) is 2. The summed E-state index contributed by atoms with van der Waals surface area (Å²) in [6, 6.07) is 8.13. The van der Waals surface area contributed by atoms with E-state index in [-0.39, 0.29) is 0 Å². The van der Waals surface area contributed by atoms with Gasteiger partial charge in [-0.2, -0.15) is 0 Å². The van der Waals surface area contributed by atoms with Crippen LogP contribution in [0.15, 0.2) is 49.1 Å². The highest BCUT2D eigenvalue weighted by atomic mass is 15.0. The number of aryl methyl sites for hydroxylation is 1. The van der Waals surface area contributed by atoms with Crippen LogP contribution < -0.4 is 0 Å². The van der Waals surface area contributed by atoms with Crippen molar-refractivity contribution in [1.82, 2.24) is 14.4 Å². The fraction of sp³-hybridized carbons (Fsp3) is 0.200. The molecule has 3 aromatic heterocycles. The van der Waals surface area contributed by atoms with Crippen LogP contribution in [-0.4, -0.2) is 14.4 Å². The predicted molar refractivity (Wildman–Crippen MR) is 74.5 cm³/mol. The summed E-state index contributed by atoms with van der Waals surface area (Å²) >= 11 is 0. The van der Waals surface area contributed by atoms with Gasteiger partial charge in [0.1, 0.15) is 5.65 Å². The Hall–Kier alpha value is -2.16. The molecule has 0 aliphatic carbocycles. The van der Waals surface area contributed by atoms with Gasteiger partial charge in [-0.05, 0) is 42.3 Å². The Morgan fingerprint density at radius 1 is 0.944 bits per heavy atom. The Balaban J connectivity index is 0.000000574. The summed E-state index contributed by atoms with van der Waals surface area (Å²) in [5.41, 5.74) is 4.47. The van der Waals surface area contributed by atoms with Gasteiger partial charge in [0.25, 0.3) is 0 Å². The normalized spacial score (nSPS) is 9.94. The molecule has 0 aliphatic heterocycles. The Morgan fingerprint density at radius 3 is 2.39 bits per heavy atom. The quantitative estimate of drug-likeness (QED) is 0.647.